The number of unbranched alkanes of at least 4 members (excludes halogenated alkanes) is 1. The number of rotatable bonds is 13. The summed E-state index contributed by atoms with van der Waals surface area (Å²) in [6.45, 7) is 6.13. The maximum Gasteiger partial charge on any atom is 0.222 e. The van der Waals surface area contributed by atoms with Gasteiger partial charge in [-0.05, 0) is 50.0 Å². The molecule has 3 N–H and O–H groups in total. The fourth-order valence-corrected chi connectivity index (χ4v) is 4.99. The van der Waals surface area contributed by atoms with Gasteiger partial charge in [0.05, 0.1) is 12.2 Å². The van der Waals surface area contributed by atoms with E-state index in [1.165, 1.54) is 24.8 Å². The van der Waals surface area contributed by atoms with Crippen molar-refractivity contribution in [3.05, 3.63) is 23.8 Å². The maximum atomic E-state index is 11.6. The zero-order valence-electron chi connectivity index (χ0n) is 19.5. The summed E-state index contributed by atoms with van der Waals surface area (Å²) in [4.78, 5) is 13.3. The van der Waals surface area contributed by atoms with Crippen LogP contribution in [0.15, 0.2) is 23.8 Å². The normalized spacial score (nSPS) is 27.9. The molecular formula is C25H44N2O3. The molecule has 5 nitrogen and oxygen atoms in total. The maximum absolute atomic E-state index is 11.6. The molecule has 1 saturated carbocycles. The summed E-state index contributed by atoms with van der Waals surface area (Å²) in [7, 11) is 3.59. The number of carbonyl (C=O) groups excluding carboxylic acids is 1. The molecule has 0 aromatic rings. The number of aliphatic hydroxyl groups excluding tert-OH is 2. The molecule has 5 heteroatoms. The lowest BCUT2D eigenvalue weighted by molar-refractivity contribution is -0.128. The van der Waals surface area contributed by atoms with Crippen LogP contribution in [0, 0.1) is 23.7 Å². The van der Waals surface area contributed by atoms with Crippen molar-refractivity contribution in [3.63, 3.8) is 0 Å². The first kappa shape index (κ1) is 25.1. The SMILES string of the molecule is CCCC[C@H](C)C[C@H](O)C=C[C@@H]1[C@H]2CC(CNCCCC(=O)N(C)C)=C[C@H]2C[C@H]1O. The van der Waals surface area contributed by atoms with Gasteiger partial charge in [0.1, 0.15) is 0 Å². The van der Waals surface area contributed by atoms with Crippen molar-refractivity contribution in [2.24, 2.45) is 23.7 Å². The fraction of sp³-hybridized carbons (Fsp3) is 0.800. The molecule has 2 aliphatic carbocycles. The van der Waals surface area contributed by atoms with E-state index in [0.29, 0.717) is 24.2 Å². The van der Waals surface area contributed by atoms with Crippen molar-refractivity contribution < 1.29 is 15.0 Å². The van der Waals surface area contributed by atoms with Crippen molar-refractivity contribution in [2.75, 3.05) is 27.2 Å². The third-order valence-electron chi connectivity index (χ3n) is 6.79. The van der Waals surface area contributed by atoms with E-state index < -0.39 is 6.10 Å². The Kier molecular flexibility index (Phi) is 10.6. The Bertz CT molecular complexity index is 587. The van der Waals surface area contributed by atoms with Crippen LogP contribution >= 0.6 is 0 Å². The van der Waals surface area contributed by atoms with E-state index in [1.54, 1.807) is 19.0 Å². The summed E-state index contributed by atoms with van der Waals surface area (Å²) in [6.07, 6.45) is 13.3. The number of allylic oxidation sites excluding steroid dienone is 1. The highest BCUT2D eigenvalue weighted by Crippen LogP contribution is 2.47. The van der Waals surface area contributed by atoms with Gasteiger partial charge in [0.15, 0.2) is 0 Å². The van der Waals surface area contributed by atoms with Crippen LogP contribution < -0.4 is 5.32 Å². The van der Waals surface area contributed by atoms with Gasteiger partial charge in [-0.1, -0.05) is 56.9 Å². The number of hydrogen-bond donors (Lipinski definition) is 3. The average molecular weight is 421 g/mol. The van der Waals surface area contributed by atoms with E-state index in [-0.39, 0.29) is 17.9 Å². The number of nitrogens with zero attached hydrogens (tertiary/aromatic N) is 1. The molecule has 0 aromatic carbocycles. The van der Waals surface area contributed by atoms with Crippen LogP contribution in [0.3, 0.4) is 0 Å². The first-order chi connectivity index (χ1) is 14.3. The Morgan fingerprint density at radius 2 is 2.13 bits per heavy atom. The lowest BCUT2D eigenvalue weighted by atomic mass is 9.88. The van der Waals surface area contributed by atoms with Crippen LogP contribution in [0.2, 0.25) is 0 Å². The number of aliphatic hydroxyl groups is 2. The summed E-state index contributed by atoms with van der Waals surface area (Å²) < 4.78 is 0. The standard InChI is InChI=1S/C25H44N2O3/c1-5-6-8-18(2)13-21(28)10-11-22-23-15-19(14-20(23)16-24(22)29)17-26-12-7-9-25(30)27(3)4/h10-11,14,18,20-24,26,28-29H,5-9,12-13,15-17H2,1-4H3/t18-,20-,21+,22+,23-,24+/m0/s1. The second-order valence-electron chi connectivity index (χ2n) is 9.74. The van der Waals surface area contributed by atoms with Crippen LogP contribution in [-0.2, 0) is 4.79 Å². The van der Waals surface area contributed by atoms with Crippen LogP contribution in [0.5, 0.6) is 0 Å². The molecule has 1 fully saturated rings. The van der Waals surface area contributed by atoms with Gasteiger partial charge in [-0.3, -0.25) is 4.79 Å². The third kappa shape index (κ3) is 7.82. The summed E-state index contributed by atoms with van der Waals surface area (Å²) >= 11 is 0. The number of carbonyl (C=O) groups is 1. The Hall–Kier alpha value is -1.17. The van der Waals surface area contributed by atoms with Gasteiger partial charge < -0.3 is 20.4 Å². The molecular weight excluding hydrogens is 376 g/mol. The smallest absolute Gasteiger partial charge is 0.222 e. The highest BCUT2D eigenvalue weighted by atomic mass is 16.3. The summed E-state index contributed by atoms with van der Waals surface area (Å²) in [5, 5.41) is 24.4. The van der Waals surface area contributed by atoms with Crippen molar-refractivity contribution in [2.45, 2.75) is 77.4 Å². The number of hydrogen-bond acceptors (Lipinski definition) is 4. The monoisotopic (exact) mass is 420 g/mol. The molecule has 0 saturated heterocycles. The molecule has 0 radical (unpaired) electrons. The topological polar surface area (TPSA) is 72.8 Å². The lowest BCUT2D eigenvalue weighted by Gasteiger charge is -2.19. The van der Waals surface area contributed by atoms with Crippen LogP contribution in [0.25, 0.3) is 0 Å². The highest BCUT2D eigenvalue weighted by Gasteiger charge is 2.43. The Morgan fingerprint density at radius 3 is 2.83 bits per heavy atom. The predicted octanol–water partition coefficient (Wildman–Crippen LogP) is 3.52. The molecule has 172 valence electrons. The molecule has 6 atom stereocenters. The predicted molar refractivity (Wildman–Crippen MR) is 123 cm³/mol. The first-order valence-corrected chi connectivity index (χ1v) is 12.0. The molecule has 2 aliphatic rings. The molecule has 0 aromatic heterocycles. The van der Waals surface area contributed by atoms with Gasteiger partial charge >= 0.3 is 0 Å². The summed E-state index contributed by atoms with van der Waals surface area (Å²) in [6, 6.07) is 0. The number of amides is 1. The Balaban J connectivity index is 1.73. The molecule has 30 heavy (non-hydrogen) atoms. The fourth-order valence-electron chi connectivity index (χ4n) is 4.99. The number of nitrogens with one attached hydrogen (secondary N) is 1. The van der Waals surface area contributed by atoms with E-state index in [0.717, 1.165) is 38.8 Å². The number of fused-ring (bicyclic) bond motifs is 1. The van der Waals surface area contributed by atoms with Crippen molar-refractivity contribution in [3.8, 4) is 0 Å². The van der Waals surface area contributed by atoms with E-state index in [4.69, 9.17) is 0 Å². The second-order valence-corrected chi connectivity index (χ2v) is 9.74. The molecule has 0 bridgehead atoms. The Labute approximate surface area is 183 Å². The Morgan fingerprint density at radius 1 is 1.37 bits per heavy atom. The van der Waals surface area contributed by atoms with Crippen molar-refractivity contribution in [1.29, 1.82) is 0 Å². The van der Waals surface area contributed by atoms with Crippen LogP contribution in [0.1, 0.15) is 65.2 Å². The first-order valence-electron chi connectivity index (χ1n) is 12.0. The molecule has 2 rings (SSSR count). The molecule has 0 aliphatic heterocycles. The summed E-state index contributed by atoms with van der Waals surface area (Å²) in [5.41, 5.74) is 1.42. The van der Waals surface area contributed by atoms with Gasteiger partial charge in [-0.15, -0.1) is 0 Å². The average Bonchev–Trinajstić information content (AvgIpc) is 3.20. The van der Waals surface area contributed by atoms with E-state index in [9.17, 15) is 15.0 Å². The quantitative estimate of drug-likeness (QED) is 0.315. The minimum absolute atomic E-state index is 0.141. The van der Waals surface area contributed by atoms with Crippen LogP contribution in [0.4, 0.5) is 0 Å². The van der Waals surface area contributed by atoms with Crippen LogP contribution in [-0.4, -0.2) is 60.4 Å². The zero-order valence-corrected chi connectivity index (χ0v) is 19.5. The van der Waals surface area contributed by atoms with Gasteiger partial charge in [-0.25, -0.2) is 0 Å². The van der Waals surface area contributed by atoms with Gasteiger partial charge in [0.2, 0.25) is 5.91 Å². The van der Waals surface area contributed by atoms with Crippen molar-refractivity contribution in [1.82, 2.24) is 10.2 Å². The molecule has 1 amide bonds. The second kappa shape index (κ2) is 12.6. The lowest BCUT2D eigenvalue weighted by Crippen LogP contribution is -2.24. The zero-order chi connectivity index (χ0) is 22.1. The minimum Gasteiger partial charge on any atom is -0.392 e. The van der Waals surface area contributed by atoms with E-state index >= 15 is 0 Å². The minimum atomic E-state index is -0.413. The molecule has 0 spiro atoms. The molecule has 0 unspecified atom stereocenters. The van der Waals surface area contributed by atoms with Gasteiger partial charge in [0.25, 0.3) is 0 Å². The molecule has 0 heterocycles. The van der Waals surface area contributed by atoms with Gasteiger partial charge in [0, 0.05) is 33.0 Å². The highest BCUT2D eigenvalue weighted by molar-refractivity contribution is 5.75. The summed E-state index contributed by atoms with van der Waals surface area (Å²) in [5.74, 6) is 1.75. The van der Waals surface area contributed by atoms with E-state index in [1.807, 2.05) is 6.08 Å². The van der Waals surface area contributed by atoms with Gasteiger partial charge in [-0.2, -0.15) is 0 Å². The third-order valence-corrected chi connectivity index (χ3v) is 6.79. The van der Waals surface area contributed by atoms with Crippen molar-refractivity contribution >= 4 is 5.91 Å². The van der Waals surface area contributed by atoms with E-state index in [2.05, 4.69) is 31.3 Å². The largest absolute Gasteiger partial charge is 0.392 e.